The highest BCUT2D eigenvalue weighted by atomic mass is 32.1. The Kier molecular flexibility index (Phi) is 21.6. The standard InChI is InChI=1S/2C48H29NO.C48H35NS/c1-2-15-36-34(13-1)35-14-3-4-16-37(35)42-28-32(23-25-38(36)42)30-11-9-12-31(27-30)33-24-26-45-43(29-33)39-17-5-7-20-44(39)49(45)46-21-10-19-41-40-18-6-8-22-47(40)50-48(41)46;1-2-14-37-35(12-1)36-13-3-4-15-38(36)42-27-32(20-23-39(37)42)30-10-9-11-31(26-30)33-21-24-46-43(28-33)40-16-5-7-18-45(40)49(46)34-22-25-48-44(29-34)41-17-6-8-19-47(41)50-48;1-4-7-15-38-30-36-16-8-9-17-37(36)31-39(38)29-34(6-3)35(14-5-2)24-22-33-23-26-46-43(28-33)41-18-10-12-20-45(41)49(46)40-25-27-48-44(32-40)42-19-11-13-21-47(42)50-48/h2*1-29H;4-32H,1-3H2/b;;15-7-,24-22+,34-29+,35-14+. The molecule has 30 rings (SSSR count). The van der Waals surface area contributed by atoms with Crippen LogP contribution in [-0.4, -0.2) is 13.7 Å². The molecule has 150 heavy (non-hydrogen) atoms. The molecule has 24 aromatic carbocycles. The van der Waals surface area contributed by atoms with Gasteiger partial charge in [0.25, 0.3) is 0 Å². The molecule has 0 aliphatic carbocycles. The van der Waals surface area contributed by atoms with Crippen LogP contribution in [0.15, 0.2) is 549 Å². The van der Waals surface area contributed by atoms with E-state index in [1.807, 2.05) is 59.9 Å². The summed E-state index contributed by atoms with van der Waals surface area (Å²) in [6.07, 6.45) is 18.2. The third-order valence-electron chi connectivity index (χ3n) is 30.4. The predicted octanol–water partition coefficient (Wildman–Crippen LogP) is 40.9. The van der Waals surface area contributed by atoms with Crippen LogP contribution in [-0.2, 0) is 0 Å². The number of thiophene rings is 1. The van der Waals surface area contributed by atoms with Gasteiger partial charge in [-0.1, -0.05) is 390 Å². The average molecular weight is 1930 g/mol. The number of allylic oxidation sites excluding steroid dienone is 8. The summed E-state index contributed by atoms with van der Waals surface area (Å²) in [4.78, 5) is 0. The molecule has 0 saturated heterocycles. The third-order valence-corrected chi connectivity index (χ3v) is 31.6. The Morgan fingerprint density at radius 3 is 1.14 bits per heavy atom. The van der Waals surface area contributed by atoms with Crippen LogP contribution in [0.5, 0.6) is 0 Å². The van der Waals surface area contributed by atoms with Gasteiger partial charge in [0.15, 0.2) is 5.58 Å². The highest BCUT2D eigenvalue weighted by Gasteiger charge is 2.24. The van der Waals surface area contributed by atoms with Crippen molar-refractivity contribution in [3.05, 3.63) is 557 Å². The highest BCUT2D eigenvalue weighted by molar-refractivity contribution is 7.25. The Bertz CT molecular complexity index is 11000. The monoisotopic (exact) mass is 1930 g/mol. The second kappa shape index (κ2) is 36.7. The van der Waals surface area contributed by atoms with Crippen LogP contribution in [0.1, 0.15) is 16.7 Å². The molecule has 0 N–H and O–H groups in total. The smallest absolute Gasteiger partial charge is 0.159 e. The fourth-order valence-corrected chi connectivity index (χ4v) is 24.6. The average Bonchev–Trinajstić information content (AvgIpc) is 1.45. The fourth-order valence-electron chi connectivity index (χ4n) is 23.5. The van der Waals surface area contributed by atoms with Crippen LogP contribution in [0.4, 0.5) is 0 Å². The van der Waals surface area contributed by atoms with E-state index in [0.717, 1.165) is 94.1 Å². The van der Waals surface area contributed by atoms with Crippen molar-refractivity contribution in [1.82, 2.24) is 13.7 Å². The summed E-state index contributed by atoms with van der Waals surface area (Å²) >= 11 is 1.85. The molecule has 0 aliphatic rings. The molecule has 702 valence electrons. The van der Waals surface area contributed by atoms with E-state index in [2.05, 4.69) is 507 Å². The normalized spacial score (nSPS) is 12.2. The Balaban J connectivity index is 0.000000108. The zero-order valence-electron chi connectivity index (χ0n) is 81.9. The van der Waals surface area contributed by atoms with Gasteiger partial charge < -0.3 is 22.5 Å². The number of benzene rings is 24. The van der Waals surface area contributed by atoms with Crippen molar-refractivity contribution in [2.24, 2.45) is 0 Å². The zero-order valence-corrected chi connectivity index (χ0v) is 82.7. The minimum Gasteiger partial charge on any atom is -0.456 e. The first-order valence-corrected chi connectivity index (χ1v) is 51.9. The molecule has 0 unspecified atom stereocenters. The number of rotatable bonds is 15. The molecule has 6 heterocycles. The SMILES string of the molecule is C=C/C=C\c1cc2ccccc2cc1/C=C(C=C)/C(/C=C/c1ccc2c(c1)c1ccccc1n2-c1ccc2sc3ccccc3c2c1)=C/C=C.c1cc(-c2ccc3c4ccccc4c4ccccc4c3c2)cc(-c2ccc3c(c2)c2ccccc2n3-c2ccc3oc4ccccc4c3c2)c1.c1cc(-c2ccc3c4ccccc4c4ccccc4c3c2)cc(-c2ccc3c(c2)c2ccccc2n3-c2cccc3c2oc2ccccc23)c1. The van der Waals surface area contributed by atoms with Gasteiger partial charge in [0, 0.05) is 85.4 Å². The second-order valence-electron chi connectivity index (χ2n) is 38.9. The molecule has 0 radical (unpaired) electrons. The summed E-state index contributed by atoms with van der Waals surface area (Å²) in [6, 6.07) is 172. The van der Waals surface area contributed by atoms with E-state index >= 15 is 0 Å². The molecule has 0 fully saturated rings. The first-order chi connectivity index (χ1) is 74.2. The van der Waals surface area contributed by atoms with Crippen molar-refractivity contribution in [2.45, 2.75) is 0 Å². The number of nitrogens with zero attached hydrogens (tertiary/aromatic N) is 3. The van der Waals surface area contributed by atoms with Gasteiger partial charge in [0.2, 0.25) is 0 Å². The predicted molar refractivity (Wildman–Crippen MR) is 645 cm³/mol. The molecule has 30 aromatic rings. The Morgan fingerprint density at radius 2 is 0.607 bits per heavy atom. The van der Waals surface area contributed by atoms with E-state index in [0.29, 0.717) is 0 Å². The number of aromatic nitrogens is 3. The summed E-state index contributed by atoms with van der Waals surface area (Å²) in [5.74, 6) is 0. The summed E-state index contributed by atoms with van der Waals surface area (Å²) in [5, 5.41) is 32.5. The number of furan rings is 2. The van der Waals surface area contributed by atoms with E-state index in [-0.39, 0.29) is 0 Å². The van der Waals surface area contributed by atoms with E-state index in [4.69, 9.17) is 8.83 Å². The molecular formula is C144H93N3O2S. The molecule has 0 atom stereocenters. The molecule has 6 aromatic heterocycles. The number of para-hydroxylation sites is 6. The van der Waals surface area contributed by atoms with Crippen LogP contribution in [0.25, 0.3) is 285 Å². The van der Waals surface area contributed by atoms with E-state index in [1.54, 1.807) is 6.08 Å². The molecule has 0 saturated carbocycles. The topological polar surface area (TPSA) is 41.1 Å². The Morgan fingerprint density at radius 1 is 0.227 bits per heavy atom. The van der Waals surface area contributed by atoms with Gasteiger partial charge in [-0.2, -0.15) is 0 Å². The summed E-state index contributed by atoms with van der Waals surface area (Å²) < 4.78 is 22.4. The molecule has 5 nitrogen and oxygen atoms in total. The van der Waals surface area contributed by atoms with Gasteiger partial charge >= 0.3 is 0 Å². The molecule has 6 heteroatoms. The van der Waals surface area contributed by atoms with Crippen LogP contribution >= 0.6 is 11.3 Å². The maximum atomic E-state index is 6.50. The second-order valence-corrected chi connectivity index (χ2v) is 40.0. The van der Waals surface area contributed by atoms with E-state index < -0.39 is 0 Å². The van der Waals surface area contributed by atoms with Crippen molar-refractivity contribution in [3.8, 4) is 61.6 Å². The van der Waals surface area contributed by atoms with Gasteiger partial charge in [-0.3, -0.25) is 0 Å². The number of hydrogen-bond donors (Lipinski definition) is 0. The van der Waals surface area contributed by atoms with Gasteiger partial charge in [-0.25, -0.2) is 0 Å². The summed E-state index contributed by atoms with van der Waals surface area (Å²) in [5.41, 5.74) is 29.1. The van der Waals surface area contributed by atoms with Crippen molar-refractivity contribution < 1.29 is 8.83 Å². The largest absolute Gasteiger partial charge is 0.456 e. The molecule has 0 aliphatic heterocycles. The highest BCUT2D eigenvalue weighted by Crippen LogP contribution is 2.48. The van der Waals surface area contributed by atoms with Crippen LogP contribution in [0.2, 0.25) is 0 Å². The third kappa shape index (κ3) is 15.1. The van der Waals surface area contributed by atoms with Crippen molar-refractivity contribution in [2.75, 3.05) is 0 Å². The number of fused-ring (bicyclic) bond motifs is 31. The van der Waals surface area contributed by atoms with Crippen molar-refractivity contribution in [1.29, 1.82) is 0 Å². The lowest BCUT2D eigenvalue weighted by Gasteiger charge is -2.13. The molecule has 0 bridgehead atoms. The van der Waals surface area contributed by atoms with Gasteiger partial charge in [0.1, 0.15) is 16.7 Å². The Hall–Kier alpha value is -19.5. The maximum Gasteiger partial charge on any atom is 0.159 e. The maximum absolute atomic E-state index is 6.50. The van der Waals surface area contributed by atoms with Crippen molar-refractivity contribution >= 4 is 234 Å². The van der Waals surface area contributed by atoms with Gasteiger partial charge in [0.05, 0.1) is 38.8 Å². The van der Waals surface area contributed by atoms with Crippen LogP contribution in [0.3, 0.4) is 0 Å². The first-order valence-electron chi connectivity index (χ1n) is 51.1. The summed E-state index contributed by atoms with van der Waals surface area (Å²) in [6.45, 7) is 12.1. The van der Waals surface area contributed by atoms with Crippen molar-refractivity contribution in [3.63, 3.8) is 0 Å². The lowest BCUT2D eigenvalue weighted by Crippen LogP contribution is -1.94. The molecule has 0 amide bonds. The minimum atomic E-state index is 0.907. The van der Waals surface area contributed by atoms with E-state index in [9.17, 15) is 0 Å². The van der Waals surface area contributed by atoms with E-state index in [1.165, 1.54) is 200 Å². The zero-order chi connectivity index (χ0) is 99.5. The lowest BCUT2D eigenvalue weighted by molar-refractivity contribution is 0.666. The molecular weight excluding hydrogens is 1840 g/mol. The van der Waals surface area contributed by atoms with Crippen LogP contribution in [0, 0.1) is 0 Å². The first kappa shape index (κ1) is 88.2. The minimum absolute atomic E-state index is 0.907. The Labute approximate surface area is 869 Å². The van der Waals surface area contributed by atoms with Gasteiger partial charge in [-0.15, -0.1) is 11.3 Å². The number of hydrogen-bond acceptors (Lipinski definition) is 3. The fraction of sp³-hybridized carbons (Fsp3) is 0. The van der Waals surface area contributed by atoms with Crippen LogP contribution < -0.4 is 0 Å². The molecule has 0 spiro atoms. The summed E-state index contributed by atoms with van der Waals surface area (Å²) in [7, 11) is 0. The quantitative estimate of drug-likeness (QED) is 0.0758. The van der Waals surface area contributed by atoms with Gasteiger partial charge in [-0.05, 0) is 305 Å². The lowest BCUT2D eigenvalue weighted by atomic mass is 9.91.